The summed E-state index contributed by atoms with van der Waals surface area (Å²) in [6.45, 7) is 4.92. The summed E-state index contributed by atoms with van der Waals surface area (Å²) in [6, 6.07) is 13.2. The van der Waals surface area contributed by atoms with E-state index >= 15 is 0 Å². The number of pyridine rings is 1. The first-order chi connectivity index (χ1) is 13.0. The number of nitrogens with zero attached hydrogens (tertiary/aromatic N) is 3. The molecule has 7 nitrogen and oxygen atoms in total. The van der Waals surface area contributed by atoms with Crippen molar-refractivity contribution in [1.82, 2.24) is 15.6 Å². The quantitative estimate of drug-likeness (QED) is 0.303. The summed E-state index contributed by atoms with van der Waals surface area (Å²) in [4.78, 5) is 20.6. The summed E-state index contributed by atoms with van der Waals surface area (Å²) < 4.78 is 0. The van der Waals surface area contributed by atoms with Gasteiger partial charge in [-0.2, -0.15) is 5.26 Å². The zero-order chi connectivity index (χ0) is 19.5. The minimum Gasteiger partial charge on any atom is -0.355 e. The van der Waals surface area contributed by atoms with Crippen molar-refractivity contribution < 1.29 is 4.79 Å². The fraction of sp³-hybridized carbons (Fsp3) is 0.300. The molecule has 0 spiro atoms. The zero-order valence-electron chi connectivity index (χ0n) is 15.6. The second-order valence-corrected chi connectivity index (χ2v) is 6.87. The highest BCUT2D eigenvalue weighted by atomic mass is 16.1. The number of nitriles is 1. The monoisotopic (exact) mass is 364 g/mol. The molecular formula is C20H24N6O. The third-order valence-corrected chi connectivity index (χ3v) is 3.74. The smallest absolute Gasteiger partial charge is 0.224 e. The predicted octanol–water partition coefficient (Wildman–Crippen LogP) is 2.31. The molecule has 1 aromatic carbocycles. The Morgan fingerprint density at radius 1 is 1.22 bits per heavy atom. The molecule has 3 N–H and O–H groups in total. The topological polar surface area (TPSA) is 102 Å². The van der Waals surface area contributed by atoms with Gasteiger partial charge < -0.3 is 10.6 Å². The number of benzene rings is 1. The maximum atomic E-state index is 12.1. The largest absolute Gasteiger partial charge is 0.355 e. The van der Waals surface area contributed by atoms with Crippen LogP contribution in [0.25, 0.3) is 0 Å². The number of aromatic nitrogens is 1. The van der Waals surface area contributed by atoms with E-state index in [9.17, 15) is 4.79 Å². The average Bonchev–Trinajstić information content (AvgIpc) is 2.67. The number of hydrogen-bond donors (Lipinski definition) is 3. The first-order valence-corrected chi connectivity index (χ1v) is 8.66. The van der Waals surface area contributed by atoms with Gasteiger partial charge in [0.2, 0.25) is 11.9 Å². The van der Waals surface area contributed by atoms with Crippen LogP contribution >= 0.6 is 0 Å². The van der Waals surface area contributed by atoms with Gasteiger partial charge >= 0.3 is 0 Å². The number of guanidine groups is 1. The molecule has 140 valence electrons. The third-order valence-electron chi connectivity index (χ3n) is 3.74. The predicted molar refractivity (Wildman–Crippen MR) is 106 cm³/mol. The molecule has 2 rings (SSSR count). The molecule has 0 unspecified atom stereocenters. The Bertz CT molecular complexity index is 796. The van der Waals surface area contributed by atoms with Crippen LogP contribution in [-0.2, 0) is 11.2 Å². The number of nitrogens with one attached hydrogen (secondary N) is 3. The maximum absolute atomic E-state index is 12.1. The van der Waals surface area contributed by atoms with Gasteiger partial charge in [-0.05, 0) is 17.7 Å². The lowest BCUT2D eigenvalue weighted by Gasteiger charge is -2.23. The van der Waals surface area contributed by atoms with Crippen molar-refractivity contribution >= 4 is 17.6 Å². The number of rotatable bonds is 7. The first-order valence-electron chi connectivity index (χ1n) is 8.66. The fourth-order valence-electron chi connectivity index (χ4n) is 2.27. The van der Waals surface area contributed by atoms with Crippen LogP contribution in [0.4, 0.5) is 5.69 Å². The van der Waals surface area contributed by atoms with Gasteiger partial charge in [0, 0.05) is 24.7 Å². The van der Waals surface area contributed by atoms with Crippen LogP contribution < -0.4 is 16.0 Å². The van der Waals surface area contributed by atoms with E-state index in [0.29, 0.717) is 25.5 Å². The highest BCUT2D eigenvalue weighted by Gasteiger charge is 2.19. The second kappa shape index (κ2) is 9.92. The van der Waals surface area contributed by atoms with Crippen LogP contribution in [-0.4, -0.2) is 29.9 Å². The summed E-state index contributed by atoms with van der Waals surface area (Å²) in [5.41, 5.74) is 1.44. The molecule has 0 aliphatic heterocycles. The Kier molecular flexibility index (Phi) is 7.32. The number of aliphatic imine (C=N–C) groups is 1. The molecular weight excluding hydrogens is 340 g/mol. The van der Waals surface area contributed by atoms with Crippen molar-refractivity contribution in [2.75, 3.05) is 18.4 Å². The van der Waals surface area contributed by atoms with E-state index in [4.69, 9.17) is 5.26 Å². The summed E-state index contributed by atoms with van der Waals surface area (Å²) >= 11 is 0. The van der Waals surface area contributed by atoms with Gasteiger partial charge in [-0.15, -0.1) is 0 Å². The lowest BCUT2D eigenvalue weighted by atomic mass is 9.93. The summed E-state index contributed by atoms with van der Waals surface area (Å²) in [5.74, 6) is 0.316. The molecule has 0 atom stereocenters. The highest BCUT2D eigenvalue weighted by Crippen LogP contribution is 2.14. The summed E-state index contributed by atoms with van der Waals surface area (Å²) in [7, 11) is 0. The van der Waals surface area contributed by atoms with Crippen molar-refractivity contribution in [2.24, 2.45) is 10.4 Å². The van der Waals surface area contributed by atoms with E-state index in [0.717, 1.165) is 11.3 Å². The van der Waals surface area contributed by atoms with Crippen molar-refractivity contribution in [3.8, 4) is 6.19 Å². The van der Waals surface area contributed by atoms with Gasteiger partial charge in [0.05, 0.1) is 18.3 Å². The Morgan fingerprint density at radius 3 is 2.67 bits per heavy atom. The van der Waals surface area contributed by atoms with E-state index in [-0.39, 0.29) is 11.3 Å². The van der Waals surface area contributed by atoms with Crippen molar-refractivity contribution in [3.05, 3.63) is 60.4 Å². The Hall–Kier alpha value is -3.40. The lowest BCUT2D eigenvalue weighted by Crippen LogP contribution is -2.37. The molecule has 7 heteroatoms. The van der Waals surface area contributed by atoms with E-state index < -0.39 is 0 Å². The number of anilines is 1. The normalized spacial score (nSPS) is 11.4. The van der Waals surface area contributed by atoms with Gasteiger partial charge in [-0.3, -0.25) is 20.1 Å². The molecule has 1 aromatic heterocycles. The van der Waals surface area contributed by atoms with Crippen LogP contribution in [0, 0.1) is 16.9 Å². The van der Waals surface area contributed by atoms with Gasteiger partial charge in [0.25, 0.3) is 0 Å². The van der Waals surface area contributed by atoms with Crippen LogP contribution in [0.1, 0.15) is 19.4 Å². The minimum atomic E-state index is -0.272. The molecule has 2 aromatic rings. The molecule has 0 fully saturated rings. The summed E-state index contributed by atoms with van der Waals surface area (Å²) in [5, 5.41) is 17.4. The van der Waals surface area contributed by atoms with Crippen LogP contribution in [0.2, 0.25) is 0 Å². The molecule has 0 saturated carbocycles. The molecule has 0 aliphatic carbocycles. The zero-order valence-corrected chi connectivity index (χ0v) is 15.6. The van der Waals surface area contributed by atoms with Gasteiger partial charge in [0.15, 0.2) is 6.19 Å². The van der Waals surface area contributed by atoms with Gasteiger partial charge in [-0.25, -0.2) is 0 Å². The second-order valence-electron chi connectivity index (χ2n) is 6.87. The number of hydrogen-bond acceptors (Lipinski definition) is 4. The van der Waals surface area contributed by atoms with Crippen LogP contribution in [0.3, 0.4) is 0 Å². The van der Waals surface area contributed by atoms with E-state index in [2.05, 4.69) is 25.9 Å². The van der Waals surface area contributed by atoms with Crippen molar-refractivity contribution in [3.63, 3.8) is 0 Å². The van der Waals surface area contributed by atoms with Gasteiger partial charge in [-0.1, -0.05) is 44.2 Å². The highest BCUT2D eigenvalue weighted by molar-refractivity contribution is 5.94. The van der Waals surface area contributed by atoms with E-state index in [1.165, 1.54) is 0 Å². The Morgan fingerprint density at radius 2 is 2.00 bits per heavy atom. The number of amides is 1. The van der Waals surface area contributed by atoms with Crippen molar-refractivity contribution in [2.45, 2.75) is 20.3 Å². The molecule has 0 radical (unpaired) electrons. The Labute approximate surface area is 159 Å². The number of carbonyl (C=O) groups is 1. The third kappa shape index (κ3) is 7.57. The first kappa shape index (κ1) is 19.9. The molecule has 0 saturated heterocycles. The SMILES string of the molecule is CC(C)(CN=C(NC#N)Nc1cccnc1)CNC(=O)Cc1ccccc1. The molecule has 1 amide bonds. The fourth-order valence-corrected chi connectivity index (χ4v) is 2.27. The Balaban J connectivity index is 1.87. The van der Waals surface area contributed by atoms with E-state index in [1.54, 1.807) is 18.5 Å². The standard InChI is InChI=1S/C20H24N6O/c1-20(2,13-23-18(27)11-16-7-4-3-5-8-16)14-24-19(25-15-21)26-17-9-6-10-22-12-17/h3-10,12H,11,13-14H2,1-2H3,(H,23,27)(H2,24,25,26). The van der Waals surface area contributed by atoms with Crippen LogP contribution in [0.5, 0.6) is 0 Å². The van der Waals surface area contributed by atoms with Crippen molar-refractivity contribution in [1.29, 1.82) is 5.26 Å². The average molecular weight is 364 g/mol. The maximum Gasteiger partial charge on any atom is 0.224 e. The minimum absolute atomic E-state index is 0.0258. The lowest BCUT2D eigenvalue weighted by molar-refractivity contribution is -0.120. The van der Waals surface area contributed by atoms with Gasteiger partial charge in [0.1, 0.15) is 0 Å². The van der Waals surface area contributed by atoms with Crippen LogP contribution in [0.15, 0.2) is 59.9 Å². The number of carbonyl (C=O) groups excluding carboxylic acids is 1. The molecule has 27 heavy (non-hydrogen) atoms. The summed E-state index contributed by atoms with van der Waals surface area (Å²) in [6.07, 6.45) is 5.53. The molecule has 0 aliphatic rings. The molecule has 1 heterocycles. The molecule has 0 bridgehead atoms. The van der Waals surface area contributed by atoms with E-state index in [1.807, 2.05) is 56.4 Å².